The van der Waals surface area contributed by atoms with Crippen LogP contribution in [0, 0.1) is 11.8 Å². The fourth-order valence-corrected chi connectivity index (χ4v) is 3.51. The fourth-order valence-electron chi connectivity index (χ4n) is 2.46. The molecule has 2 saturated carbocycles. The summed E-state index contributed by atoms with van der Waals surface area (Å²) in [7, 11) is 0. The first kappa shape index (κ1) is 13.3. The standard InChI is InChI=1S/C15H18ClNOS/c16-12-3-1-2-4-13(12)19-9-14(18)17-15(10-5-6-10)11-7-8-11/h1-4,10-11,15H,5-9H2,(H,17,18). The molecule has 0 aromatic heterocycles. The Bertz CT molecular complexity index is 459. The van der Waals surface area contributed by atoms with Gasteiger partial charge in [0.25, 0.3) is 0 Å². The van der Waals surface area contributed by atoms with Crippen LogP contribution in [0.5, 0.6) is 0 Å². The average molecular weight is 296 g/mol. The van der Waals surface area contributed by atoms with Gasteiger partial charge in [-0.1, -0.05) is 23.7 Å². The molecule has 1 aromatic carbocycles. The van der Waals surface area contributed by atoms with Crippen LogP contribution in [-0.4, -0.2) is 17.7 Å². The summed E-state index contributed by atoms with van der Waals surface area (Å²) in [5.41, 5.74) is 0. The van der Waals surface area contributed by atoms with Gasteiger partial charge in [-0.05, 0) is 49.7 Å². The number of amides is 1. The van der Waals surface area contributed by atoms with Crippen molar-refractivity contribution < 1.29 is 4.79 Å². The molecule has 0 heterocycles. The van der Waals surface area contributed by atoms with Crippen molar-refractivity contribution in [2.24, 2.45) is 11.8 Å². The van der Waals surface area contributed by atoms with Crippen LogP contribution in [0.25, 0.3) is 0 Å². The molecule has 2 aliphatic carbocycles. The minimum Gasteiger partial charge on any atom is -0.352 e. The van der Waals surface area contributed by atoms with E-state index in [9.17, 15) is 4.79 Å². The van der Waals surface area contributed by atoms with Gasteiger partial charge in [-0.25, -0.2) is 0 Å². The van der Waals surface area contributed by atoms with Gasteiger partial charge < -0.3 is 5.32 Å². The first-order chi connectivity index (χ1) is 9.24. The molecule has 19 heavy (non-hydrogen) atoms. The van der Waals surface area contributed by atoms with Crippen molar-refractivity contribution in [2.45, 2.75) is 36.6 Å². The zero-order chi connectivity index (χ0) is 13.2. The molecular formula is C15H18ClNOS. The molecule has 2 nitrogen and oxygen atoms in total. The molecule has 1 aromatic rings. The lowest BCUT2D eigenvalue weighted by atomic mass is 10.1. The molecule has 1 amide bonds. The van der Waals surface area contributed by atoms with Crippen LogP contribution in [0.1, 0.15) is 25.7 Å². The summed E-state index contributed by atoms with van der Waals surface area (Å²) in [6.45, 7) is 0. The first-order valence-corrected chi connectivity index (χ1v) is 8.27. The van der Waals surface area contributed by atoms with E-state index in [0.717, 1.165) is 21.8 Å². The molecule has 0 unspecified atom stereocenters. The first-order valence-electron chi connectivity index (χ1n) is 6.91. The Labute approximate surface area is 123 Å². The second kappa shape index (κ2) is 5.76. The van der Waals surface area contributed by atoms with Gasteiger partial charge in [-0.15, -0.1) is 11.8 Å². The van der Waals surface area contributed by atoms with Gasteiger partial charge in [-0.2, -0.15) is 0 Å². The maximum atomic E-state index is 12.0. The molecule has 0 atom stereocenters. The predicted octanol–water partition coefficient (Wildman–Crippen LogP) is 3.74. The van der Waals surface area contributed by atoms with E-state index < -0.39 is 0 Å². The molecule has 0 spiro atoms. The third-order valence-electron chi connectivity index (χ3n) is 3.78. The largest absolute Gasteiger partial charge is 0.352 e. The molecule has 1 N–H and O–H groups in total. The summed E-state index contributed by atoms with van der Waals surface area (Å²) in [4.78, 5) is 13.0. The number of hydrogen-bond acceptors (Lipinski definition) is 2. The third-order valence-corrected chi connectivity index (χ3v) is 5.30. The zero-order valence-corrected chi connectivity index (χ0v) is 12.3. The van der Waals surface area contributed by atoms with Crippen LogP contribution in [0.2, 0.25) is 5.02 Å². The van der Waals surface area contributed by atoms with Crippen LogP contribution in [0.15, 0.2) is 29.2 Å². The van der Waals surface area contributed by atoms with Gasteiger partial charge >= 0.3 is 0 Å². The Morgan fingerprint density at radius 2 is 1.89 bits per heavy atom. The summed E-state index contributed by atoms with van der Waals surface area (Å²) >= 11 is 7.60. The lowest BCUT2D eigenvalue weighted by molar-refractivity contribution is -0.119. The van der Waals surface area contributed by atoms with Gasteiger partial charge in [0.05, 0.1) is 10.8 Å². The number of carbonyl (C=O) groups is 1. The molecule has 102 valence electrons. The van der Waals surface area contributed by atoms with Crippen LogP contribution in [0.3, 0.4) is 0 Å². The highest BCUT2D eigenvalue weighted by Gasteiger charge is 2.42. The van der Waals surface area contributed by atoms with Gasteiger partial charge in [0, 0.05) is 10.9 Å². The minimum atomic E-state index is 0.147. The van der Waals surface area contributed by atoms with Crippen molar-refractivity contribution in [3.05, 3.63) is 29.3 Å². The van der Waals surface area contributed by atoms with E-state index in [1.54, 1.807) is 0 Å². The number of carbonyl (C=O) groups excluding carboxylic acids is 1. The van der Waals surface area contributed by atoms with Crippen molar-refractivity contribution in [1.82, 2.24) is 5.32 Å². The third kappa shape index (κ3) is 3.67. The van der Waals surface area contributed by atoms with Crippen LogP contribution in [0.4, 0.5) is 0 Å². The molecule has 0 bridgehead atoms. The Balaban J connectivity index is 1.49. The van der Waals surface area contributed by atoms with Crippen LogP contribution >= 0.6 is 23.4 Å². The second-order valence-corrected chi connectivity index (χ2v) is 6.91. The molecule has 3 rings (SSSR count). The molecule has 4 heteroatoms. The topological polar surface area (TPSA) is 29.1 Å². The lowest BCUT2D eigenvalue weighted by Crippen LogP contribution is -2.39. The summed E-state index contributed by atoms with van der Waals surface area (Å²) in [6.07, 6.45) is 5.16. The number of rotatable bonds is 6. The van der Waals surface area contributed by atoms with E-state index in [0.29, 0.717) is 11.8 Å². The second-order valence-electron chi connectivity index (χ2n) is 5.49. The zero-order valence-electron chi connectivity index (χ0n) is 10.8. The van der Waals surface area contributed by atoms with Gasteiger partial charge in [0.15, 0.2) is 0 Å². The van der Waals surface area contributed by atoms with Crippen LogP contribution < -0.4 is 5.32 Å². The van der Waals surface area contributed by atoms with E-state index in [1.807, 2.05) is 24.3 Å². The van der Waals surface area contributed by atoms with E-state index in [1.165, 1.54) is 37.4 Å². The van der Waals surface area contributed by atoms with Crippen molar-refractivity contribution in [2.75, 3.05) is 5.75 Å². The van der Waals surface area contributed by atoms with E-state index in [2.05, 4.69) is 5.32 Å². The normalized spacial score (nSPS) is 18.6. The molecule has 0 radical (unpaired) electrons. The SMILES string of the molecule is O=C(CSc1ccccc1Cl)NC(C1CC1)C1CC1. The average Bonchev–Trinajstić information content (AvgIpc) is 3.28. The highest BCUT2D eigenvalue weighted by Crippen LogP contribution is 2.44. The maximum Gasteiger partial charge on any atom is 0.230 e. The number of benzene rings is 1. The Hall–Kier alpha value is -0.670. The summed E-state index contributed by atoms with van der Waals surface area (Å²) in [5, 5.41) is 3.95. The van der Waals surface area contributed by atoms with Crippen molar-refractivity contribution >= 4 is 29.3 Å². The minimum absolute atomic E-state index is 0.147. The number of thioether (sulfide) groups is 1. The predicted molar refractivity (Wildman–Crippen MR) is 79.6 cm³/mol. The highest BCUT2D eigenvalue weighted by atomic mass is 35.5. The van der Waals surface area contributed by atoms with Gasteiger partial charge in [0.2, 0.25) is 5.91 Å². The molecule has 2 aliphatic rings. The quantitative estimate of drug-likeness (QED) is 0.810. The number of hydrogen-bond donors (Lipinski definition) is 1. The molecular weight excluding hydrogens is 278 g/mol. The number of halogens is 1. The van der Waals surface area contributed by atoms with Crippen molar-refractivity contribution in [3.8, 4) is 0 Å². The fraction of sp³-hybridized carbons (Fsp3) is 0.533. The maximum absolute atomic E-state index is 12.0. The van der Waals surface area contributed by atoms with Crippen molar-refractivity contribution in [3.63, 3.8) is 0 Å². The molecule has 2 fully saturated rings. The Morgan fingerprint density at radius 1 is 1.26 bits per heavy atom. The Kier molecular flexibility index (Phi) is 4.04. The highest BCUT2D eigenvalue weighted by molar-refractivity contribution is 8.00. The lowest BCUT2D eigenvalue weighted by Gasteiger charge is -2.17. The van der Waals surface area contributed by atoms with Crippen molar-refractivity contribution in [1.29, 1.82) is 0 Å². The van der Waals surface area contributed by atoms with E-state index in [4.69, 9.17) is 11.6 Å². The van der Waals surface area contributed by atoms with Gasteiger partial charge in [-0.3, -0.25) is 4.79 Å². The van der Waals surface area contributed by atoms with E-state index >= 15 is 0 Å². The summed E-state index contributed by atoms with van der Waals surface area (Å²) < 4.78 is 0. The molecule has 0 saturated heterocycles. The number of nitrogens with one attached hydrogen (secondary N) is 1. The summed E-state index contributed by atoms with van der Waals surface area (Å²) in [5.74, 6) is 2.11. The van der Waals surface area contributed by atoms with E-state index in [-0.39, 0.29) is 5.91 Å². The Morgan fingerprint density at radius 3 is 2.47 bits per heavy atom. The van der Waals surface area contributed by atoms with Crippen LogP contribution in [-0.2, 0) is 4.79 Å². The molecule has 0 aliphatic heterocycles. The smallest absolute Gasteiger partial charge is 0.230 e. The monoisotopic (exact) mass is 295 g/mol. The van der Waals surface area contributed by atoms with Gasteiger partial charge in [0.1, 0.15) is 0 Å². The summed E-state index contributed by atoms with van der Waals surface area (Å²) in [6, 6.07) is 8.12.